The Hall–Kier alpha value is -2.19. The minimum Gasteiger partial charge on any atom is -0.463 e. The second-order valence-electron chi connectivity index (χ2n) is 5.67. The Morgan fingerprint density at radius 1 is 0.846 bits per heavy atom. The zero-order valence-corrected chi connectivity index (χ0v) is 14.3. The number of benzene rings is 1. The molecular weight excluding hydrogens is 363 g/mol. The number of halogens is 5. The number of hydrogen-bond donors (Lipinski definition) is 0. The van der Waals surface area contributed by atoms with E-state index >= 15 is 0 Å². The van der Waals surface area contributed by atoms with Crippen molar-refractivity contribution >= 4 is 11.9 Å². The zero-order chi connectivity index (χ0) is 19.9. The molecule has 0 aromatic heterocycles. The van der Waals surface area contributed by atoms with Crippen molar-refractivity contribution in [2.24, 2.45) is 0 Å². The maximum absolute atomic E-state index is 13.4. The van der Waals surface area contributed by atoms with E-state index in [2.05, 4.69) is 4.74 Å². The Labute approximate surface area is 147 Å². The number of unbranched alkanes of at least 4 members (excludes halogenated alkanes) is 2. The summed E-state index contributed by atoms with van der Waals surface area (Å²) in [6.45, 7) is 3.70. The summed E-state index contributed by atoms with van der Waals surface area (Å²) in [6, 6.07) is 0. The van der Waals surface area contributed by atoms with Crippen molar-refractivity contribution in [2.45, 2.75) is 58.5 Å². The molecule has 0 saturated carbocycles. The molecule has 4 nitrogen and oxygen atoms in total. The first-order valence-electron chi connectivity index (χ1n) is 8.10. The van der Waals surface area contributed by atoms with E-state index in [1.165, 1.54) is 0 Å². The van der Waals surface area contributed by atoms with Gasteiger partial charge < -0.3 is 9.47 Å². The van der Waals surface area contributed by atoms with E-state index in [0.29, 0.717) is 6.42 Å². The third-order valence-electron chi connectivity index (χ3n) is 3.47. The molecule has 1 aromatic rings. The molecule has 0 saturated heterocycles. The molecule has 0 aliphatic carbocycles. The Bertz CT molecular complexity index is 634. The molecule has 26 heavy (non-hydrogen) atoms. The Morgan fingerprint density at radius 3 is 1.88 bits per heavy atom. The average Bonchev–Trinajstić information content (AvgIpc) is 2.60. The van der Waals surface area contributed by atoms with Crippen molar-refractivity contribution < 1.29 is 41.0 Å². The van der Waals surface area contributed by atoms with Crippen LogP contribution < -0.4 is 4.74 Å². The van der Waals surface area contributed by atoms with E-state index in [1.54, 1.807) is 6.92 Å². The number of carbonyl (C=O) groups is 2. The lowest BCUT2D eigenvalue weighted by molar-refractivity contribution is -0.151. The SMILES string of the molecule is CCCCCC(C)OC(=O)CCC(=O)Oc1c(F)c(F)c(F)c(F)c1F. The smallest absolute Gasteiger partial charge is 0.311 e. The van der Waals surface area contributed by atoms with Crippen LogP contribution in [-0.2, 0) is 14.3 Å². The molecule has 0 radical (unpaired) electrons. The summed E-state index contributed by atoms with van der Waals surface area (Å²) in [5.41, 5.74) is 0. The number of esters is 2. The van der Waals surface area contributed by atoms with E-state index in [9.17, 15) is 31.5 Å². The highest BCUT2D eigenvalue weighted by Gasteiger charge is 2.28. The van der Waals surface area contributed by atoms with Crippen molar-refractivity contribution in [3.63, 3.8) is 0 Å². The normalized spacial score (nSPS) is 12.0. The predicted molar refractivity (Wildman–Crippen MR) is 80.8 cm³/mol. The monoisotopic (exact) mass is 382 g/mol. The van der Waals surface area contributed by atoms with Gasteiger partial charge in [-0.05, 0) is 19.8 Å². The molecule has 9 heteroatoms. The highest BCUT2D eigenvalue weighted by molar-refractivity contribution is 5.79. The lowest BCUT2D eigenvalue weighted by atomic mass is 10.1. The molecule has 0 spiro atoms. The van der Waals surface area contributed by atoms with E-state index in [-0.39, 0.29) is 6.10 Å². The zero-order valence-electron chi connectivity index (χ0n) is 14.3. The molecule has 1 aromatic carbocycles. The minimum atomic E-state index is -2.36. The first-order chi connectivity index (χ1) is 12.2. The van der Waals surface area contributed by atoms with Gasteiger partial charge in [-0.2, -0.15) is 8.78 Å². The maximum Gasteiger partial charge on any atom is 0.311 e. The molecule has 1 atom stereocenters. The molecule has 0 bridgehead atoms. The number of carbonyl (C=O) groups excluding carboxylic acids is 2. The van der Waals surface area contributed by atoms with Crippen molar-refractivity contribution in [1.29, 1.82) is 0 Å². The summed E-state index contributed by atoms with van der Waals surface area (Å²) in [7, 11) is 0. The largest absolute Gasteiger partial charge is 0.463 e. The van der Waals surface area contributed by atoms with E-state index in [0.717, 1.165) is 19.3 Å². The fourth-order valence-corrected chi connectivity index (χ4v) is 2.07. The Morgan fingerprint density at radius 2 is 1.35 bits per heavy atom. The van der Waals surface area contributed by atoms with Gasteiger partial charge in [0.25, 0.3) is 0 Å². The molecule has 0 aliphatic heterocycles. The van der Waals surface area contributed by atoms with Gasteiger partial charge in [0.15, 0.2) is 0 Å². The third-order valence-corrected chi connectivity index (χ3v) is 3.47. The molecule has 0 aliphatic rings. The molecule has 146 valence electrons. The first kappa shape index (κ1) is 21.9. The van der Waals surface area contributed by atoms with Gasteiger partial charge >= 0.3 is 11.9 Å². The molecule has 0 amide bonds. The van der Waals surface area contributed by atoms with Crippen LogP contribution in [0.25, 0.3) is 0 Å². The predicted octanol–water partition coefficient (Wildman–Crippen LogP) is 4.58. The van der Waals surface area contributed by atoms with E-state index in [1.807, 2.05) is 6.92 Å². The van der Waals surface area contributed by atoms with Crippen LogP contribution in [0.1, 0.15) is 52.4 Å². The van der Waals surface area contributed by atoms with Gasteiger partial charge in [-0.25, -0.2) is 13.2 Å². The summed E-state index contributed by atoms with van der Waals surface area (Å²) < 4.78 is 74.9. The summed E-state index contributed by atoms with van der Waals surface area (Å²) in [5.74, 6) is -15.1. The highest BCUT2D eigenvalue weighted by atomic mass is 19.2. The van der Waals surface area contributed by atoms with Crippen molar-refractivity contribution in [2.75, 3.05) is 0 Å². The van der Waals surface area contributed by atoms with E-state index < -0.39 is 59.6 Å². The fourth-order valence-electron chi connectivity index (χ4n) is 2.07. The van der Waals surface area contributed by atoms with Crippen LogP contribution in [0.3, 0.4) is 0 Å². The molecular formula is C17H19F5O4. The van der Waals surface area contributed by atoms with Gasteiger partial charge in [-0.15, -0.1) is 0 Å². The number of rotatable bonds is 9. The van der Waals surface area contributed by atoms with Crippen molar-refractivity contribution in [3.8, 4) is 5.75 Å². The van der Waals surface area contributed by atoms with Gasteiger partial charge in [0, 0.05) is 0 Å². The lowest BCUT2D eigenvalue weighted by Crippen LogP contribution is -2.18. The summed E-state index contributed by atoms with van der Waals surface area (Å²) in [4.78, 5) is 23.1. The average molecular weight is 382 g/mol. The van der Waals surface area contributed by atoms with Crippen LogP contribution >= 0.6 is 0 Å². The van der Waals surface area contributed by atoms with Gasteiger partial charge in [0.2, 0.25) is 34.8 Å². The van der Waals surface area contributed by atoms with Crippen molar-refractivity contribution in [1.82, 2.24) is 0 Å². The second-order valence-corrected chi connectivity index (χ2v) is 5.67. The van der Waals surface area contributed by atoms with Crippen LogP contribution in [-0.4, -0.2) is 18.0 Å². The third kappa shape index (κ3) is 5.96. The first-order valence-corrected chi connectivity index (χ1v) is 8.10. The van der Waals surface area contributed by atoms with Gasteiger partial charge in [0.05, 0.1) is 18.9 Å². The quantitative estimate of drug-likeness (QED) is 0.157. The summed E-state index contributed by atoms with van der Waals surface area (Å²) >= 11 is 0. The van der Waals surface area contributed by atoms with Crippen LogP contribution in [0.15, 0.2) is 0 Å². The topological polar surface area (TPSA) is 52.6 Å². The van der Waals surface area contributed by atoms with Crippen LogP contribution in [0.4, 0.5) is 22.0 Å². The van der Waals surface area contributed by atoms with Crippen LogP contribution in [0.5, 0.6) is 5.75 Å². The number of hydrogen-bond acceptors (Lipinski definition) is 4. The molecule has 0 fully saturated rings. The lowest BCUT2D eigenvalue weighted by Gasteiger charge is -2.13. The van der Waals surface area contributed by atoms with Gasteiger partial charge in [-0.3, -0.25) is 9.59 Å². The van der Waals surface area contributed by atoms with Crippen LogP contribution in [0.2, 0.25) is 0 Å². The highest BCUT2D eigenvalue weighted by Crippen LogP contribution is 2.29. The summed E-state index contributed by atoms with van der Waals surface area (Å²) in [6.07, 6.45) is 2.05. The second kappa shape index (κ2) is 10.1. The maximum atomic E-state index is 13.4. The Balaban J connectivity index is 2.57. The van der Waals surface area contributed by atoms with E-state index in [4.69, 9.17) is 4.74 Å². The molecule has 0 heterocycles. The Kier molecular flexibility index (Phi) is 8.47. The van der Waals surface area contributed by atoms with Gasteiger partial charge in [0.1, 0.15) is 0 Å². The molecule has 0 N–H and O–H groups in total. The molecule has 1 rings (SSSR count). The summed E-state index contributed by atoms with van der Waals surface area (Å²) in [5, 5.41) is 0. The number of ether oxygens (including phenoxy) is 2. The fraction of sp³-hybridized carbons (Fsp3) is 0.529. The van der Waals surface area contributed by atoms with Crippen molar-refractivity contribution in [3.05, 3.63) is 29.1 Å². The standard InChI is InChI=1S/C17H19F5O4/c1-3-4-5-6-9(2)25-10(23)7-8-11(24)26-17-15(21)13(19)12(18)14(20)16(17)22/h9H,3-8H2,1-2H3. The molecule has 1 unspecified atom stereocenters. The van der Waals surface area contributed by atoms with Crippen LogP contribution in [0, 0.1) is 29.1 Å². The van der Waals surface area contributed by atoms with Gasteiger partial charge in [-0.1, -0.05) is 19.8 Å². The minimum absolute atomic E-state index is 0.361.